The largest absolute Gasteiger partial charge is 0.466 e. The minimum Gasteiger partial charge on any atom is -0.466 e. The number of hydrogen-bond acceptors (Lipinski definition) is 6. The van der Waals surface area contributed by atoms with Crippen molar-refractivity contribution in [3.05, 3.63) is 41.4 Å². The third kappa shape index (κ3) is 6.02. The summed E-state index contributed by atoms with van der Waals surface area (Å²) in [5, 5.41) is 7.56. The maximum atomic E-state index is 12.6. The number of piperidine rings is 1. The fourth-order valence-electron chi connectivity index (χ4n) is 3.15. The maximum Gasteiger partial charge on any atom is 0.325 e. The fourth-order valence-corrected chi connectivity index (χ4v) is 3.85. The number of amides is 3. The summed E-state index contributed by atoms with van der Waals surface area (Å²) in [6, 6.07) is 8.70. The lowest BCUT2D eigenvalue weighted by Gasteiger charge is -2.31. The lowest BCUT2D eigenvalue weighted by molar-refractivity contribution is -0.151. The molecule has 3 rings (SSSR count). The van der Waals surface area contributed by atoms with Crippen LogP contribution in [0.4, 0.5) is 15.6 Å². The number of carbonyl (C=O) groups is 3. The number of nitrogens with zero attached hydrogens (tertiary/aromatic N) is 2. The number of esters is 1. The third-order valence-electron chi connectivity index (χ3n) is 4.53. The zero-order chi connectivity index (χ0) is 20.6. The Kier molecular flexibility index (Phi) is 7.18. The second-order valence-corrected chi connectivity index (χ2v) is 7.55. The molecule has 1 aliphatic rings. The van der Waals surface area contributed by atoms with E-state index in [1.54, 1.807) is 29.3 Å². The molecule has 2 aromatic rings. The molecule has 1 aromatic heterocycles. The molecular weight excluding hydrogens is 392 g/mol. The lowest BCUT2D eigenvalue weighted by Crippen LogP contribution is -2.43. The van der Waals surface area contributed by atoms with Crippen molar-refractivity contribution >= 4 is 40.1 Å². The molecule has 0 aliphatic carbocycles. The fraction of sp³-hybridized carbons (Fsp3) is 0.400. The molecule has 0 spiro atoms. The third-order valence-corrected chi connectivity index (χ3v) is 5.34. The van der Waals surface area contributed by atoms with Gasteiger partial charge in [0.05, 0.1) is 24.6 Å². The molecular formula is C20H24N4O4S. The van der Waals surface area contributed by atoms with Gasteiger partial charge in [0.2, 0.25) is 5.91 Å². The van der Waals surface area contributed by atoms with Crippen LogP contribution in [0.15, 0.2) is 35.7 Å². The van der Waals surface area contributed by atoms with Gasteiger partial charge in [0.25, 0.3) is 0 Å². The topological polar surface area (TPSA) is 101 Å². The highest BCUT2D eigenvalue weighted by molar-refractivity contribution is 7.14. The van der Waals surface area contributed by atoms with Gasteiger partial charge in [-0.15, -0.1) is 11.3 Å². The Bertz CT molecular complexity index is 855. The Balaban J connectivity index is 1.50. The molecule has 2 heterocycles. The van der Waals surface area contributed by atoms with Gasteiger partial charge in [-0.25, -0.2) is 9.78 Å². The van der Waals surface area contributed by atoms with Gasteiger partial charge in [-0.1, -0.05) is 18.2 Å². The van der Waals surface area contributed by atoms with E-state index in [9.17, 15) is 14.4 Å². The van der Waals surface area contributed by atoms with E-state index in [-0.39, 0.29) is 24.2 Å². The van der Waals surface area contributed by atoms with Crippen molar-refractivity contribution in [3.63, 3.8) is 0 Å². The van der Waals surface area contributed by atoms with Crippen LogP contribution < -0.4 is 10.6 Å². The van der Waals surface area contributed by atoms with Crippen LogP contribution in [0.25, 0.3) is 0 Å². The molecule has 1 aromatic carbocycles. The minimum atomic E-state index is -0.392. The molecule has 0 saturated carbocycles. The first kappa shape index (κ1) is 20.8. The van der Waals surface area contributed by atoms with E-state index < -0.39 is 6.03 Å². The zero-order valence-corrected chi connectivity index (χ0v) is 17.0. The lowest BCUT2D eigenvalue weighted by atomic mass is 9.98. The van der Waals surface area contributed by atoms with E-state index in [0.29, 0.717) is 36.2 Å². The Hall–Kier alpha value is -2.94. The Labute approximate surface area is 173 Å². The van der Waals surface area contributed by atoms with Crippen LogP contribution in [-0.4, -0.2) is 47.5 Å². The summed E-state index contributed by atoms with van der Waals surface area (Å²) in [7, 11) is 0. The molecule has 154 valence electrons. The molecule has 1 atom stereocenters. The zero-order valence-electron chi connectivity index (χ0n) is 16.2. The average molecular weight is 417 g/mol. The predicted octanol–water partition coefficient (Wildman–Crippen LogP) is 3.13. The minimum absolute atomic E-state index is 0.0791. The first-order valence-electron chi connectivity index (χ1n) is 9.57. The van der Waals surface area contributed by atoms with Crippen molar-refractivity contribution in [2.45, 2.75) is 26.2 Å². The van der Waals surface area contributed by atoms with Gasteiger partial charge in [0.1, 0.15) is 0 Å². The van der Waals surface area contributed by atoms with Crippen LogP contribution in [0.2, 0.25) is 0 Å². The van der Waals surface area contributed by atoms with E-state index in [4.69, 9.17) is 4.74 Å². The average Bonchev–Trinajstić information content (AvgIpc) is 3.15. The number of benzene rings is 1. The first-order valence-corrected chi connectivity index (χ1v) is 10.4. The standard InChI is InChI=1S/C20H24N4O4S/c1-2-28-18(26)14-7-6-10-24(12-14)17(25)11-16-13-29-20(22-16)23-19(27)21-15-8-4-3-5-9-15/h3-5,8-9,13-14H,2,6-7,10-12H2,1H3,(H2,21,22,23,27)/t14-/m0/s1. The van der Waals surface area contributed by atoms with Crippen molar-refractivity contribution in [1.82, 2.24) is 9.88 Å². The molecule has 0 radical (unpaired) electrons. The summed E-state index contributed by atoms with van der Waals surface area (Å²) in [6.07, 6.45) is 1.65. The molecule has 0 unspecified atom stereocenters. The molecule has 8 nitrogen and oxygen atoms in total. The summed E-state index contributed by atoms with van der Waals surface area (Å²) in [5.74, 6) is -0.582. The molecule has 0 bridgehead atoms. The number of carbonyl (C=O) groups excluding carboxylic acids is 3. The SMILES string of the molecule is CCOC(=O)[C@H]1CCCN(C(=O)Cc2csc(NC(=O)Nc3ccccc3)n2)C1. The molecule has 3 amide bonds. The predicted molar refractivity (Wildman–Crippen MR) is 111 cm³/mol. The number of anilines is 2. The van der Waals surface area contributed by atoms with Crippen molar-refractivity contribution in [3.8, 4) is 0 Å². The smallest absolute Gasteiger partial charge is 0.325 e. The monoisotopic (exact) mass is 416 g/mol. The highest BCUT2D eigenvalue weighted by Gasteiger charge is 2.29. The van der Waals surface area contributed by atoms with E-state index >= 15 is 0 Å². The van der Waals surface area contributed by atoms with Crippen molar-refractivity contribution in [1.29, 1.82) is 0 Å². The van der Waals surface area contributed by atoms with Crippen LogP contribution in [0, 0.1) is 5.92 Å². The number of urea groups is 1. The van der Waals surface area contributed by atoms with Crippen molar-refractivity contribution in [2.24, 2.45) is 5.92 Å². The first-order chi connectivity index (χ1) is 14.0. The second-order valence-electron chi connectivity index (χ2n) is 6.70. The van der Waals surface area contributed by atoms with Crippen LogP contribution in [0.5, 0.6) is 0 Å². The number of rotatable bonds is 6. The number of thiazole rings is 1. The van der Waals surface area contributed by atoms with Gasteiger partial charge < -0.3 is 15.0 Å². The number of nitrogens with one attached hydrogen (secondary N) is 2. The van der Waals surface area contributed by atoms with Crippen molar-refractivity contribution < 1.29 is 19.1 Å². The number of para-hydroxylation sites is 1. The van der Waals surface area contributed by atoms with Gasteiger partial charge in [-0.3, -0.25) is 14.9 Å². The Morgan fingerprint density at radius 2 is 2.03 bits per heavy atom. The number of likely N-dealkylation sites (tertiary alicyclic amines) is 1. The number of ether oxygens (including phenoxy) is 1. The highest BCUT2D eigenvalue weighted by Crippen LogP contribution is 2.21. The van der Waals surface area contributed by atoms with Crippen LogP contribution in [-0.2, 0) is 20.7 Å². The molecule has 29 heavy (non-hydrogen) atoms. The highest BCUT2D eigenvalue weighted by atomic mass is 32.1. The van der Waals surface area contributed by atoms with Gasteiger partial charge in [-0.2, -0.15) is 0 Å². The van der Waals surface area contributed by atoms with Gasteiger partial charge in [0.15, 0.2) is 5.13 Å². The van der Waals surface area contributed by atoms with E-state index in [0.717, 1.165) is 12.8 Å². The van der Waals surface area contributed by atoms with Gasteiger partial charge in [-0.05, 0) is 31.9 Å². The van der Waals surface area contributed by atoms with E-state index in [2.05, 4.69) is 15.6 Å². The summed E-state index contributed by atoms with van der Waals surface area (Å²) >= 11 is 1.26. The van der Waals surface area contributed by atoms with Gasteiger partial charge >= 0.3 is 12.0 Å². The Morgan fingerprint density at radius 3 is 2.79 bits per heavy atom. The summed E-state index contributed by atoms with van der Waals surface area (Å²) in [4.78, 5) is 42.6. The number of aromatic nitrogens is 1. The summed E-state index contributed by atoms with van der Waals surface area (Å²) < 4.78 is 5.08. The molecule has 1 saturated heterocycles. The van der Waals surface area contributed by atoms with Gasteiger partial charge in [0, 0.05) is 24.2 Å². The van der Waals surface area contributed by atoms with E-state index in [1.807, 2.05) is 18.2 Å². The van der Waals surface area contributed by atoms with Crippen LogP contribution in [0.3, 0.4) is 0 Å². The normalized spacial score (nSPS) is 16.2. The molecule has 1 aliphatic heterocycles. The quantitative estimate of drug-likeness (QED) is 0.705. The summed E-state index contributed by atoms with van der Waals surface area (Å²) in [5.41, 5.74) is 1.27. The van der Waals surface area contributed by atoms with Crippen LogP contribution in [0.1, 0.15) is 25.5 Å². The maximum absolute atomic E-state index is 12.6. The van der Waals surface area contributed by atoms with Crippen LogP contribution >= 0.6 is 11.3 Å². The molecule has 1 fully saturated rings. The second kappa shape index (κ2) is 10.0. The number of hydrogen-bond donors (Lipinski definition) is 2. The molecule has 9 heteroatoms. The summed E-state index contributed by atoms with van der Waals surface area (Å²) in [6.45, 7) is 3.13. The van der Waals surface area contributed by atoms with Crippen molar-refractivity contribution in [2.75, 3.05) is 30.3 Å². The Morgan fingerprint density at radius 1 is 1.24 bits per heavy atom. The van der Waals surface area contributed by atoms with E-state index in [1.165, 1.54) is 11.3 Å². The molecule has 2 N–H and O–H groups in total.